The minimum Gasteiger partial charge on any atom is -0.380 e. The van der Waals surface area contributed by atoms with E-state index in [2.05, 4.69) is 15.7 Å². The summed E-state index contributed by atoms with van der Waals surface area (Å²) in [7, 11) is 0. The van der Waals surface area contributed by atoms with Crippen LogP contribution in [0, 0.1) is 34.7 Å². The molecule has 0 saturated carbocycles. The zero-order valence-electron chi connectivity index (χ0n) is 21.8. The number of nitrogens with one attached hydrogen (secondary N) is 3. The zero-order chi connectivity index (χ0) is 28.4. The second-order valence-electron chi connectivity index (χ2n) is 9.86. The van der Waals surface area contributed by atoms with Crippen LogP contribution in [0.3, 0.4) is 0 Å². The van der Waals surface area contributed by atoms with E-state index in [1.165, 1.54) is 0 Å². The molecule has 12 heteroatoms. The van der Waals surface area contributed by atoms with Crippen molar-refractivity contribution in [1.29, 1.82) is 5.41 Å². The number of rotatable bonds is 8. The molecular formula is C27H30F3N7O2. The lowest BCUT2D eigenvalue weighted by Gasteiger charge is -2.27. The maximum absolute atomic E-state index is 15.3. The first-order valence-corrected chi connectivity index (χ1v) is 12.5. The van der Waals surface area contributed by atoms with Crippen LogP contribution in [0.4, 0.5) is 30.2 Å². The second-order valence-corrected chi connectivity index (χ2v) is 9.86. The third-order valence-corrected chi connectivity index (χ3v) is 6.68. The zero-order valence-corrected chi connectivity index (χ0v) is 21.8. The first-order chi connectivity index (χ1) is 18.5. The van der Waals surface area contributed by atoms with Crippen molar-refractivity contribution >= 4 is 29.2 Å². The van der Waals surface area contributed by atoms with E-state index in [1.807, 2.05) is 25.7 Å². The number of aromatic nitrogens is 2. The van der Waals surface area contributed by atoms with Crippen molar-refractivity contribution in [2.45, 2.75) is 26.8 Å². The van der Waals surface area contributed by atoms with Crippen molar-refractivity contribution < 1.29 is 18.0 Å². The first kappa shape index (κ1) is 27.8. The van der Waals surface area contributed by atoms with Gasteiger partial charge in [0.2, 0.25) is 0 Å². The number of benzene rings is 2. The van der Waals surface area contributed by atoms with Crippen molar-refractivity contribution in [2.24, 2.45) is 17.6 Å². The molecule has 0 unspecified atom stereocenters. The van der Waals surface area contributed by atoms with E-state index in [9.17, 15) is 18.4 Å². The van der Waals surface area contributed by atoms with E-state index in [1.54, 1.807) is 0 Å². The van der Waals surface area contributed by atoms with Crippen LogP contribution in [0.2, 0.25) is 0 Å². The smallest absolute Gasteiger partial charge is 0.276 e. The standard InChI is InChI=1S/C27H30F3N7O2/c1-14(2)33-24-17(11-32)25(36-12-15(3)16(10-31)13-36)22(9-20(24)30)34-27(39)21-7-8-23(38)37(35-21)26-18(28)5-4-6-19(26)29/h4-9,11,14-16,32-33H,10,12-13,31H2,1-3H3,(H,34,39)/t15-,16+/m0/s1. The maximum Gasteiger partial charge on any atom is 0.276 e. The molecule has 0 spiro atoms. The van der Waals surface area contributed by atoms with Gasteiger partial charge in [0.25, 0.3) is 11.5 Å². The summed E-state index contributed by atoms with van der Waals surface area (Å²) in [5.41, 5.74) is 4.91. The summed E-state index contributed by atoms with van der Waals surface area (Å²) in [5, 5.41) is 17.6. The van der Waals surface area contributed by atoms with E-state index >= 15 is 4.39 Å². The Bertz CT molecular complexity index is 1450. The summed E-state index contributed by atoms with van der Waals surface area (Å²) in [5.74, 6) is -3.23. The number of carbonyl (C=O) groups is 1. The molecule has 1 amide bonds. The number of nitrogens with zero attached hydrogens (tertiary/aromatic N) is 3. The largest absolute Gasteiger partial charge is 0.380 e. The fourth-order valence-corrected chi connectivity index (χ4v) is 4.77. The lowest BCUT2D eigenvalue weighted by atomic mass is 9.99. The van der Waals surface area contributed by atoms with Crippen LogP contribution in [0.15, 0.2) is 41.2 Å². The number of anilines is 3. The third kappa shape index (κ3) is 5.51. The molecule has 0 aliphatic carbocycles. The van der Waals surface area contributed by atoms with Crippen LogP contribution in [0.1, 0.15) is 36.8 Å². The highest BCUT2D eigenvalue weighted by atomic mass is 19.1. The normalized spacial score (nSPS) is 17.0. The molecule has 206 valence electrons. The van der Waals surface area contributed by atoms with Crippen LogP contribution in [-0.2, 0) is 0 Å². The molecule has 1 aliphatic heterocycles. The molecule has 39 heavy (non-hydrogen) atoms. The molecule has 2 heterocycles. The van der Waals surface area contributed by atoms with Crippen LogP contribution >= 0.6 is 0 Å². The van der Waals surface area contributed by atoms with E-state index in [-0.39, 0.29) is 40.5 Å². The summed E-state index contributed by atoms with van der Waals surface area (Å²) in [6, 6.07) is 6.15. The second kappa shape index (κ2) is 11.3. The fourth-order valence-electron chi connectivity index (χ4n) is 4.77. The highest BCUT2D eigenvalue weighted by Gasteiger charge is 2.33. The number of para-hydroxylation sites is 1. The average Bonchev–Trinajstić information content (AvgIpc) is 3.25. The molecule has 4 rings (SSSR count). The molecule has 1 aromatic heterocycles. The predicted octanol–water partition coefficient (Wildman–Crippen LogP) is 3.75. The average molecular weight is 542 g/mol. The van der Waals surface area contributed by atoms with Crippen LogP contribution in [0.25, 0.3) is 5.69 Å². The Balaban J connectivity index is 1.80. The van der Waals surface area contributed by atoms with Gasteiger partial charge in [0.15, 0.2) is 11.6 Å². The van der Waals surface area contributed by atoms with E-state index in [4.69, 9.17) is 11.1 Å². The van der Waals surface area contributed by atoms with Gasteiger partial charge >= 0.3 is 0 Å². The van der Waals surface area contributed by atoms with Crippen molar-refractivity contribution in [3.8, 4) is 5.69 Å². The number of hydrogen-bond donors (Lipinski definition) is 4. The molecule has 0 bridgehead atoms. The molecule has 1 fully saturated rings. The van der Waals surface area contributed by atoms with Gasteiger partial charge in [-0.05, 0) is 50.4 Å². The number of amides is 1. The molecule has 1 aliphatic rings. The van der Waals surface area contributed by atoms with Gasteiger partial charge in [-0.25, -0.2) is 13.2 Å². The van der Waals surface area contributed by atoms with Gasteiger partial charge in [0.1, 0.15) is 17.2 Å². The Morgan fingerprint density at radius 1 is 1.15 bits per heavy atom. The lowest BCUT2D eigenvalue weighted by molar-refractivity contribution is 0.102. The van der Waals surface area contributed by atoms with Gasteiger partial charge in [-0.3, -0.25) is 9.59 Å². The van der Waals surface area contributed by atoms with E-state index in [0.29, 0.717) is 30.0 Å². The van der Waals surface area contributed by atoms with Gasteiger partial charge in [-0.15, -0.1) is 0 Å². The Hall–Kier alpha value is -4.19. The van der Waals surface area contributed by atoms with E-state index < -0.39 is 34.6 Å². The molecule has 9 nitrogen and oxygen atoms in total. The number of carbonyl (C=O) groups excluding carboxylic acids is 1. The summed E-state index contributed by atoms with van der Waals surface area (Å²) in [6.07, 6.45) is 1.03. The van der Waals surface area contributed by atoms with E-state index in [0.717, 1.165) is 42.6 Å². The Labute approximate surface area is 223 Å². The summed E-state index contributed by atoms with van der Waals surface area (Å²) in [4.78, 5) is 27.6. The first-order valence-electron chi connectivity index (χ1n) is 12.5. The number of hydrogen-bond acceptors (Lipinski definition) is 7. The summed E-state index contributed by atoms with van der Waals surface area (Å²) >= 11 is 0. The fraction of sp³-hybridized carbons (Fsp3) is 0.333. The third-order valence-electron chi connectivity index (χ3n) is 6.68. The summed E-state index contributed by atoms with van der Waals surface area (Å²) < 4.78 is 44.5. The Morgan fingerprint density at radius 2 is 1.85 bits per heavy atom. The molecular weight excluding hydrogens is 511 g/mol. The maximum atomic E-state index is 15.3. The molecule has 0 radical (unpaired) electrons. The SMILES string of the molecule is CC(C)Nc1c(F)cc(NC(=O)c2ccc(=O)n(-c3c(F)cccc3F)n2)c(N2C[C@@H](CN)[C@@H](C)C2)c1C=N. The van der Waals surface area contributed by atoms with Crippen molar-refractivity contribution in [3.63, 3.8) is 0 Å². The van der Waals surface area contributed by atoms with Crippen LogP contribution in [-0.4, -0.2) is 47.6 Å². The molecule has 2 aromatic carbocycles. The van der Waals surface area contributed by atoms with Gasteiger partial charge in [-0.2, -0.15) is 9.78 Å². The van der Waals surface area contributed by atoms with Crippen molar-refractivity contribution in [1.82, 2.24) is 9.78 Å². The van der Waals surface area contributed by atoms with Gasteiger partial charge < -0.3 is 26.7 Å². The number of nitrogens with two attached hydrogens (primary N) is 1. The minimum absolute atomic E-state index is 0.0757. The highest BCUT2D eigenvalue weighted by molar-refractivity contribution is 6.08. The predicted molar refractivity (Wildman–Crippen MR) is 145 cm³/mol. The topological polar surface area (TPSA) is 129 Å². The van der Waals surface area contributed by atoms with Crippen LogP contribution in [0.5, 0.6) is 0 Å². The molecule has 2 atom stereocenters. The lowest BCUT2D eigenvalue weighted by Crippen LogP contribution is -2.28. The molecule has 1 saturated heterocycles. The molecule has 3 aromatic rings. The van der Waals surface area contributed by atoms with Gasteiger partial charge in [0, 0.05) is 43.0 Å². The summed E-state index contributed by atoms with van der Waals surface area (Å²) in [6.45, 7) is 7.26. The Kier molecular flexibility index (Phi) is 8.05. The monoisotopic (exact) mass is 541 g/mol. The highest BCUT2D eigenvalue weighted by Crippen LogP contribution is 2.40. The Morgan fingerprint density at radius 3 is 2.44 bits per heavy atom. The van der Waals surface area contributed by atoms with Crippen molar-refractivity contribution in [3.05, 3.63) is 75.5 Å². The minimum atomic E-state index is -1.03. The van der Waals surface area contributed by atoms with Crippen molar-refractivity contribution in [2.75, 3.05) is 35.2 Å². The quantitative estimate of drug-likeness (QED) is 0.322. The van der Waals surface area contributed by atoms with Crippen LogP contribution < -0.4 is 26.8 Å². The van der Waals surface area contributed by atoms with Gasteiger partial charge in [-0.1, -0.05) is 13.0 Å². The number of halogens is 3. The van der Waals surface area contributed by atoms with Gasteiger partial charge in [0.05, 0.1) is 17.1 Å². The molecule has 5 N–H and O–H groups in total.